The fourth-order valence-corrected chi connectivity index (χ4v) is 4.33. The third-order valence-electron chi connectivity index (χ3n) is 3.20. The van der Waals surface area contributed by atoms with Crippen LogP contribution in [-0.2, 0) is 10.0 Å². The minimum Gasteiger partial charge on any atom is -0.323 e. The van der Waals surface area contributed by atoms with Gasteiger partial charge in [0.05, 0.1) is 10.6 Å². The van der Waals surface area contributed by atoms with Crippen molar-refractivity contribution in [3.8, 4) is 0 Å². The molecule has 6 heteroatoms. The molecule has 1 aromatic heterocycles. The number of rotatable bonds is 4. The first-order valence-electron chi connectivity index (χ1n) is 6.33. The highest BCUT2D eigenvalue weighted by molar-refractivity contribution is 9.10. The highest BCUT2D eigenvalue weighted by atomic mass is 79.9. The highest BCUT2D eigenvalue weighted by Gasteiger charge is 2.24. The third kappa shape index (κ3) is 2.68. The summed E-state index contributed by atoms with van der Waals surface area (Å²) in [7, 11) is -3.64. The number of nitrogens with two attached hydrogens (primary N) is 1. The molecule has 0 aliphatic carbocycles. The number of aromatic nitrogens is 1. The lowest BCUT2D eigenvalue weighted by atomic mass is 10.2. The molecule has 0 amide bonds. The van der Waals surface area contributed by atoms with E-state index in [1.54, 1.807) is 36.4 Å². The minimum absolute atomic E-state index is 0.254. The van der Waals surface area contributed by atoms with Crippen LogP contribution in [0.4, 0.5) is 0 Å². The first-order chi connectivity index (χ1) is 9.37. The van der Waals surface area contributed by atoms with Gasteiger partial charge in [-0.25, -0.2) is 12.4 Å². The number of aryl methyl sites for hydroxylation is 1. The molecular formula is C14H17BrN2O2S. The van der Waals surface area contributed by atoms with Crippen LogP contribution in [0.25, 0.3) is 0 Å². The maximum absolute atomic E-state index is 12.7. The van der Waals surface area contributed by atoms with E-state index in [1.165, 1.54) is 3.97 Å². The summed E-state index contributed by atoms with van der Waals surface area (Å²) in [6.07, 6.45) is 0.667. The largest absolute Gasteiger partial charge is 0.323 e. The third-order valence-corrected chi connectivity index (χ3v) is 5.81. The Morgan fingerprint density at radius 1 is 1.20 bits per heavy atom. The zero-order valence-electron chi connectivity index (χ0n) is 11.4. The average molecular weight is 357 g/mol. The lowest BCUT2D eigenvalue weighted by molar-refractivity contribution is 0.576. The number of halogens is 1. The van der Waals surface area contributed by atoms with Crippen molar-refractivity contribution in [2.75, 3.05) is 0 Å². The van der Waals surface area contributed by atoms with Gasteiger partial charge in [-0.15, -0.1) is 0 Å². The van der Waals surface area contributed by atoms with Gasteiger partial charge in [0.2, 0.25) is 0 Å². The molecule has 1 atom stereocenters. The molecule has 1 unspecified atom stereocenters. The summed E-state index contributed by atoms with van der Waals surface area (Å²) in [5.41, 5.74) is 7.60. The molecule has 0 bridgehead atoms. The lowest BCUT2D eigenvalue weighted by Crippen LogP contribution is -2.21. The van der Waals surface area contributed by atoms with E-state index in [0.29, 0.717) is 16.7 Å². The van der Waals surface area contributed by atoms with E-state index in [2.05, 4.69) is 15.9 Å². The maximum Gasteiger partial charge on any atom is 0.268 e. The van der Waals surface area contributed by atoms with Crippen LogP contribution in [0.5, 0.6) is 0 Å². The summed E-state index contributed by atoms with van der Waals surface area (Å²) in [5.74, 6) is 0. The molecule has 0 radical (unpaired) electrons. The maximum atomic E-state index is 12.7. The predicted molar refractivity (Wildman–Crippen MR) is 83.1 cm³/mol. The van der Waals surface area contributed by atoms with Gasteiger partial charge in [0.25, 0.3) is 10.0 Å². The quantitative estimate of drug-likeness (QED) is 0.914. The molecular weight excluding hydrogens is 340 g/mol. The number of nitrogens with zero attached hydrogens (tertiary/aromatic N) is 1. The molecule has 0 spiro atoms. The number of hydrogen-bond acceptors (Lipinski definition) is 3. The average Bonchev–Trinajstić information content (AvgIpc) is 2.81. The first-order valence-corrected chi connectivity index (χ1v) is 8.56. The number of benzene rings is 1. The minimum atomic E-state index is -3.64. The van der Waals surface area contributed by atoms with Gasteiger partial charge in [-0.3, -0.25) is 0 Å². The zero-order chi connectivity index (χ0) is 14.9. The summed E-state index contributed by atoms with van der Waals surface area (Å²) < 4.78 is 27.2. The van der Waals surface area contributed by atoms with Crippen molar-refractivity contribution >= 4 is 26.0 Å². The summed E-state index contributed by atoms with van der Waals surface area (Å²) in [6.45, 7) is 3.84. The zero-order valence-corrected chi connectivity index (χ0v) is 13.8. The van der Waals surface area contributed by atoms with Crippen LogP contribution in [-0.4, -0.2) is 12.4 Å². The Labute approximate surface area is 127 Å². The molecule has 0 aliphatic rings. The van der Waals surface area contributed by atoms with Crippen LogP contribution in [0.1, 0.15) is 30.6 Å². The fraction of sp³-hybridized carbons (Fsp3) is 0.286. The number of hydrogen-bond donors (Lipinski definition) is 1. The van der Waals surface area contributed by atoms with Crippen LogP contribution in [0.2, 0.25) is 0 Å². The topological polar surface area (TPSA) is 65.1 Å². The second kappa shape index (κ2) is 5.71. The Kier molecular flexibility index (Phi) is 4.36. The Bertz CT molecular complexity index is 705. The molecule has 0 aliphatic heterocycles. The molecule has 108 valence electrons. The van der Waals surface area contributed by atoms with Crippen molar-refractivity contribution in [1.29, 1.82) is 0 Å². The van der Waals surface area contributed by atoms with E-state index in [-0.39, 0.29) is 10.9 Å². The van der Waals surface area contributed by atoms with Crippen LogP contribution in [0.3, 0.4) is 0 Å². The summed E-state index contributed by atoms with van der Waals surface area (Å²) in [6, 6.07) is 9.91. The molecule has 0 saturated heterocycles. The Morgan fingerprint density at radius 2 is 1.80 bits per heavy atom. The molecule has 0 fully saturated rings. The van der Waals surface area contributed by atoms with Crippen molar-refractivity contribution < 1.29 is 8.42 Å². The molecule has 20 heavy (non-hydrogen) atoms. The molecule has 4 nitrogen and oxygen atoms in total. The standard InChI is InChI=1S/C14H17BrN2O2S/c1-3-12(16)13-8-9-14(15)17(13)20(18,19)11-6-4-10(2)5-7-11/h4-9,12H,3,16H2,1-2H3. The van der Waals surface area contributed by atoms with Gasteiger partial charge in [0, 0.05) is 6.04 Å². The van der Waals surface area contributed by atoms with Crippen LogP contribution >= 0.6 is 15.9 Å². The molecule has 2 aromatic rings. The lowest BCUT2D eigenvalue weighted by Gasteiger charge is -2.15. The Balaban J connectivity index is 2.60. The summed E-state index contributed by atoms with van der Waals surface area (Å²) in [5, 5.41) is 0. The van der Waals surface area contributed by atoms with Gasteiger partial charge >= 0.3 is 0 Å². The van der Waals surface area contributed by atoms with Gasteiger partial charge in [0.15, 0.2) is 0 Å². The van der Waals surface area contributed by atoms with Gasteiger partial charge in [0.1, 0.15) is 4.60 Å². The predicted octanol–water partition coefficient (Wildman–Crippen LogP) is 3.21. The summed E-state index contributed by atoms with van der Waals surface area (Å²) in [4.78, 5) is 0.254. The first kappa shape index (κ1) is 15.3. The summed E-state index contributed by atoms with van der Waals surface area (Å²) >= 11 is 3.29. The van der Waals surface area contributed by atoms with Gasteiger partial charge < -0.3 is 5.73 Å². The van der Waals surface area contributed by atoms with E-state index >= 15 is 0 Å². The van der Waals surface area contributed by atoms with Crippen molar-refractivity contribution in [1.82, 2.24) is 3.97 Å². The monoisotopic (exact) mass is 356 g/mol. The van der Waals surface area contributed by atoms with Crippen LogP contribution in [0, 0.1) is 6.92 Å². The molecule has 2 rings (SSSR count). The van der Waals surface area contributed by atoms with Crippen molar-refractivity contribution in [3.63, 3.8) is 0 Å². The molecule has 1 aromatic carbocycles. The van der Waals surface area contributed by atoms with E-state index in [0.717, 1.165) is 5.56 Å². The van der Waals surface area contributed by atoms with Gasteiger partial charge in [-0.05, 0) is 53.5 Å². The van der Waals surface area contributed by atoms with Crippen LogP contribution < -0.4 is 5.73 Å². The van der Waals surface area contributed by atoms with Gasteiger partial charge in [-0.2, -0.15) is 0 Å². The van der Waals surface area contributed by atoms with Crippen molar-refractivity contribution in [3.05, 3.63) is 52.3 Å². The molecule has 1 heterocycles. The normalized spacial score (nSPS) is 13.4. The molecule has 0 saturated carbocycles. The van der Waals surface area contributed by atoms with Gasteiger partial charge in [-0.1, -0.05) is 24.6 Å². The second-order valence-electron chi connectivity index (χ2n) is 4.68. The smallest absolute Gasteiger partial charge is 0.268 e. The van der Waals surface area contributed by atoms with Crippen LogP contribution in [0.15, 0.2) is 45.9 Å². The van der Waals surface area contributed by atoms with Crippen molar-refractivity contribution in [2.24, 2.45) is 5.73 Å². The van der Waals surface area contributed by atoms with E-state index < -0.39 is 10.0 Å². The molecule has 2 N–H and O–H groups in total. The van der Waals surface area contributed by atoms with Crippen molar-refractivity contribution in [2.45, 2.75) is 31.2 Å². The van der Waals surface area contributed by atoms with E-state index in [9.17, 15) is 8.42 Å². The Morgan fingerprint density at radius 3 is 2.35 bits per heavy atom. The SMILES string of the molecule is CCC(N)c1ccc(Br)n1S(=O)(=O)c1ccc(C)cc1. The van der Waals surface area contributed by atoms with E-state index in [1.807, 2.05) is 13.8 Å². The second-order valence-corrected chi connectivity index (χ2v) is 7.28. The van der Waals surface area contributed by atoms with E-state index in [4.69, 9.17) is 5.73 Å². The Hall–Kier alpha value is -1.11. The highest BCUT2D eigenvalue weighted by Crippen LogP contribution is 2.27. The fourth-order valence-electron chi connectivity index (χ4n) is 1.97.